The van der Waals surface area contributed by atoms with Crippen LogP contribution in [0.5, 0.6) is 0 Å². The molecule has 1 heterocycles. The summed E-state index contributed by atoms with van der Waals surface area (Å²) in [6, 6.07) is 3.60. The Kier molecular flexibility index (Phi) is 5.85. The molecule has 0 unspecified atom stereocenters. The van der Waals surface area contributed by atoms with Crippen molar-refractivity contribution in [2.45, 2.75) is 26.7 Å². The van der Waals surface area contributed by atoms with E-state index in [1.54, 1.807) is 12.1 Å². The second-order valence-corrected chi connectivity index (χ2v) is 4.36. The molecule has 5 heteroatoms. The van der Waals surface area contributed by atoms with Crippen LogP contribution in [0, 0.1) is 6.92 Å². The quantitative estimate of drug-likeness (QED) is 0.762. The van der Waals surface area contributed by atoms with Crippen LogP contribution in [0.1, 0.15) is 31.3 Å². The van der Waals surface area contributed by atoms with E-state index < -0.39 is 5.91 Å². The normalized spacial score (nSPS) is 10.8. The van der Waals surface area contributed by atoms with E-state index >= 15 is 0 Å². The number of hydrogen-bond acceptors (Lipinski definition) is 3. The van der Waals surface area contributed by atoms with Gasteiger partial charge in [-0.25, -0.2) is 0 Å². The molecular weight excluding hydrogens is 244 g/mol. The van der Waals surface area contributed by atoms with Crippen molar-refractivity contribution < 1.29 is 14.0 Å². The van der Waals surface area contributed by atoms with E-state index in [1.165, 1.54) is 11.0 Å². The van der Waals surface area contributed by atoms with Crippen molar-refractivity contribution in [3.63, 3.8) is 0 Å². The fourth-order valence-corrected chi connectivity index (χ4v) is 1.61. The van der Waals surface area contributed by atoms with E-state index in [1.807, 2.05) is 19.9 Å². The third kappa shape index (κ3) is 5.42. The van der Waals surface area contributed by atoms with Crippen molar-refractivity contribution in [3.8, 4) is 0 Å². The predicted molar refractivity (Wildman–Crippen MR) is 73.2 cm³/mol. The second kappa shape index (κ2) is 7.41. The summed E-state index contributed by atoms with van der Waals surface area (Å²) < 4.78 is 5.33. The highest BCUT2D eigenvalue weighted by molar-refractivity contribution is 5.93. The van der Waals surface area contributed by atoms with Crippen LogP contribution < -0.4 is 5.73 Å². The van der Waals surface area contributed by atoms with Gasteiger partial charge in [0.1, 0.15) is 11.5 Å². The zero-order chi connectivity index (χ0) is 14.3. The van der Waals surface area contributed by atoms with Crippen LogP contribution in [0.25, 0.3) is 6.08 Å². The number of furan rings is 1. The Morgan fingerprint density at radius 2 is 2.16 bits per heavy atom. The lowest BCUT2D eigenvalue weighted by atomic mass is 10.3. The molecule has 0 radical (unpaired) electrons. The number of aryl methyl sites for hydroxylation is 1. The van der Waals surface area contributed by atoms with E-state index in [4.69, 9.17) is 10.2 Å². The molecule has 1 aromatic heterocycles. The topological polar surface area (TPSA) is 76.5 Å². The van der Waals surface area contributed by atoms with Gasteiger partial charge in [-0.05, 0) is 31.6 Å². The molecule has 1 rings (SSSR count). The van der Waals surface area contributed by atoms with Crippen molar-refractivity contribution in [3.05, 3.63) is 29.7 Å². The van der Waals surface area contributed by atoms with Crippen molar-refractivity contribution in [2.75, 3.05) is 13.1 Å². The number of amides is 2. The summed E-state index contributed by atoms with van der Waals surface area (Å²) in [4.78, 5) is 24.3. The smallest absolute Gasteiger partial charge is 0.247 e. The Hall–Kier alpha value is -2.04. The summed E-state index contributed by atoms with van der Waals surface area (Å²) in [7, 11) is 0. The van der Waals surface area contributed by atoms with Crippen molar-refractivity contribution in [1.29, 1.82) is 0 Å². The molecule has 0 saturated carbocycles. The zero-order valence-electron chi connectivity index (χ0n) is 11.4. The maximum Gasteiger partial charge on any atom is 0.247 e. The molecule has 5 nitrogen and oxygen atoms in total. The van der Waals surface area contributed by atoms with E-state index in [-0.39, 0.29) is 12.5 Å². The zero-order valence-corrected chi connectivity index (χ0v) is 11.4. The van der Waals surface area contributed by atoms with Crippen LogP contribution in [0.15, 0.2) is 22.6 Å². The molecule has 0 aliphatic rings. The average Bonchev–Trinajstić information content (AvgIpc) is 2.77. The first-order valence-corrected chi connectivity index (χ1v) is 6.34. The summed E-state index contributed by atoms with van der Waals surface area (Å²) in [5.41, 5.74) is 5.14. The van der Waals surface area contributed by atoms with Gasteiger partial charge in [0.15, 0.2) is 0 Å². The van der Waals surface area contributed by atoms with Crippen molar-refractivity contribution in [1.82, 2.24) is 4.90 Å². The highest BCUT2D eigenvalue weighted by atomic mass is 16.3. The molecule has 0 aromatic carbocycles. The number of nitrogens with zero attached hydrogens (tertiary/aromatic N) is 1. The molecule has 0 atom stereocenters. The predicted octanol–water partition coefficient (Wildman–Crippen LogP) is 1.72. The molecular formula is C14H20N2O3. The molecule has 0 saturated heterocycles. The van der Waals surface area contributed by atoms with E-state index in [2.05, 4.69) is 0 Å². The Labute approximate surface area is 113 Å². The highest BCUT2D eigenvalue weighted by Crippen LogP contribution is 2.08. The van der Waals surface area contributed by atoms with E-state index in [9.17, 15) is 9.59 Å². The molecule has 19 heavy (non-hydrogen) atoms. The molecule has 0 aliphatic carbocycles. The molecule has 0 fully saturated rings. The molecule has 1 aromatic rings. The van der Waals surface area contributed by atoms with Crippen LogP contribution in [-0.4, -0.2) is 29.8 Å². The van der Waals surface area contributed by atoms with Gasteiger partial charge in [0.05, 0.1) is 6.54 Å². The Balaban J connectivity index is 2.64. The Morgan fingerprint density at radius 3 is 2.68 bits per heavy atom. The minimum atomic E-state index is -0.508. The van der Waals surface area contributed by atoms with Gasteiger partial charge in [-0.2, -0.15) is 0 Å². The van der Waals surface area contributed by atoms with Gasteiger partial charge in [0, 0.05) is 12.6 Å². The van der Waals surface area contributed by atoms with Gasteiger partial charge in [0.2, 0.25) is 11.8 Å². The third-order valence-corrected chi connectivity index (χ3v) is 2.59. The highest BCUT2D eigenvalue weighted by Gasteiger charge is 2.12. The number of unbranched alkanes of at least 4 members (excludes halogenated alkanes) is 1. The monoisotopic (exact) mass is 264 g/mol. The van der Waals surface area contributed by atoms with Gasteiger partial charge >= 0.3 is 0 Å². The number of nitrogens with two attached hydrogens (primary N) is 1. The second-order valence-electron chi connectivity index (χ2n) is 4.36. The van der Waals surface area contributed by atoms with Crippen molar-refractivity contribution >= 4 is 17.9 Å². The van der Waals surface area contributed by atoms with Crippen LogP contribution in [0.2, 0.25) is 0 Å². The van der Waals surface area contributed by atoms with Crippen molar-refractivity contribution in [2.24, 2.45) is 5.73 Å². The summed E-state index contributed by atoms with van der Waals surface area (Å²) in [5, 5.41) is 0. The molecule has 2 amide bonds. The number of hydrogen-bond donors (Lipinski definition) is 1. The standard InChI is InChI=1S/C14H20N2O3/c1-3-4-9-16(10-13(15)17)14(18)8-7-12-6-5-11(2)19-12/h5-8H,3-4,9-10H2,1-2H3,(H2,15,17). The first-order valence-electron chi connectivity index (χ1n) is 6.34. The van der Waals surface area contributed by atoms with Gasteiger partial charge in [-0.15, -0.1) is 0 Å². The fourth-order valence-electron chi connectivity index (χ4n) is 1.61. The SMILES string of the molecule is CCCCN(CC(N)=O)C(=O)C=Cc1ccc(C)o1. The van der Waals surface area contributed by atoms with Crippen LogP contribution in [0.4, 0.5) is 0 Å². The molecule has 2 N–H and O–H groups in total. The lowest BCUT2D eigenvalue weighted by molar-refractivity contribution is -0.131. The largest absolute Gasteiger partial charge is 0.462 e. The van der Waals surface area contributed by atoms with Gasteiger partial charge in [-0.3, -0.25) is 9.59 Å². The number of carbonyl (C=O) groups is 2. The van der Waals surface area contributed by atoms with Gasteiger partial charge < -0.3 is 15.1 Å². The number of rotatable bonds is 7. The first-order chi connectivity index (χ1) is 9.02. The lowest BCUT2D eigenvalue weighted by Gasteiger charge is -2.18. The van der Waals surface area contributed by atoms with Gasteiger partial charge in [-0.1, -0.05) is 13.3 Å². The van der Waals surface area contributed by atoms with Crippen LogP contribution >= 0.6 is 0 Å². The molecule has 0 aliphatic heterocycles. The Bertz CT molecular complexity index is 463. The summed E-state index contributed by atoms with van der Waals surface area (Å²) in [6.07, 6.45) is 4.78. The summed E-state index contributed by atoms with van der Waals surface area (Å²) in [6.45, 7) is 4.33. The third-order valence-electron chi connectivity index (χ3n) is 2.59. The number of primary amides is 1. The lowest BCUT2D eigenvalue weighted by Crippen LogP contribution is -2.38. The summed E-state index contributed by atoms with van der Waals surface area (Å²) >= 11 is 0. The van der Waals surface area contributed by atoms with E-state index in [0.29, 0.717) is 12.3 Å². The van der Waals surface area contributed by atoms with Crippen LogP contribution in [-0.2, 0) is 9.59 Å². The summed E-state index contributed by atoms with van der Waals surface area (Å²) in [5.74, 6) is 0.653. The maximum absolute atomic E-state index is 12.0. The maximum atomic E-state index is 12.0. The minimum Gasteiger partial charge on any atom is -0.462 e. The average molecular weight is 264 g/mol. The van der Waals surface area contributed by atoms with E-state index in [0.717, 1.165) is 18.6 Å². The minimum absolute atomic E-state index is 0.0552. The van der Waals surface area contributed by atoms with Gasteiger partial charge in [0.25, 0.3) is 0 Å². The molecule has 0 bridgehead atoms. The first kappa shape index (κ1) is 15.0. The fraction of sp³-hybridized carbons (Fsp3) is 0.429. The molecule has 104 valence electrons. The van der Waals surface area contributed by atoms with Crippen LogP contribution in [0.3, 0.4) is 0 Å². The Morgan fingerprint density at radius 1 is 1.42 bits per heavy atom. The molecule has 0 spiro atoms. The number of carbonyl (C=O) groups excluding carboxylic acids is 2.